The molecule has 0 radical (unpaired) electrons. The summed E-state index contributed by atoms with van der Waals surface area (Å²) in [6.45, 7) is 6.19. The Morgan fingerprint density at radius 2 is 1.50 bits per heavy atom. The van der Waals surface area contributed by atoms with Crippen molar-refractivity contribution in [1.82, 2.24) is 36.4 Å². The zero-order valence-electron chi connectivity index (χ0n) is 17.9. The molecule has 180 valence electrons. The number of carbonyl (C=O) groups is 1. The van der Waals surface area contributed by atoms with E-state index in [0.717, 1.165) is 0 Å². The summed E-state index contributed by atoms with van der Waals surface area (Å²) >= 11 is 0. The zero-order valence-corrected chi connectivity index (χ0v) is 17.9. The van der Waals surface area contributed by atoms with E-state index in [1.54, 1.807) is 0 Å². The molecule has 13 heteroatoms. The topological polar surface area (TPSA) is 102 Å². The Kier molecular flexibility index (Phi) is 7.34. The van der Waals surface area contributed by atoms with Crippen LogP contribution in [0.15, 0.2) is 23.5 Å². The van der Waals surface area contributed by atoms with Crippen molar-refractivity contribution in [3.63, 3.8) is 0 Å². The van der Waals surface area contributed by atoms with Gasteiger partial charge in [-0.3, -0.25) is 30.5 Å². The Labute approximate surface area is 184 Å². The van der Waals surface area contributed by atoms with Crippen LogP contribution in [0.1, 0.15) is 6.92 Å². The lowest BCUT2D eigenvalue weighted by molar-refractivity contribution is -0.148. The molecule has 3 atom stereocenters. The lowest BCUT2D eigenvalue weighted by Gasteiger charge is -2.49. The summed E-state index contributed by atoms with van der Waals surface area (Å²) in [6, 6.07) is -1.95. The molecule has 5 N–H and O–H groups in total. The van der Waals surface area contributed by atoms with Crippen LogP contribution in [0.25, 0.3) is 0 Å². The molecule has 3 saturated heterocycles. The van der Waals surface area contributed by atoms with Gasteiger partial charge >= 0.3 is 6.18 Å². The zero-order chi connectivity index (χ0) is 22.7. The van der Waals surface area contributed by atoms with Crippen molar-refractivity contribution in [2.45, 2.75) is 37.9 Å². The van der Waals surface area contributed by atoms with Gasteiger partial charge in [0.05, 0.1) is 32.6 Å². The van der Waals surface area contributed by atoms with Crippen LogP contribution in [-0.4, -0.2) is 99.3 Å². The number of dihydropyridines is 1. The molecule has 0 aromatic rings. The van der Waals surface area contributed by atoms with Gasteiger partial charge in [-0.1, -0.05) is 6.08 Å². The first kappa shape index (κ1) is 23.4. The van der Waals surface area contributed by atoms with Gasteiger partial charge in [0.1, 0.15) is 24.4 Å². The van der Waals surface area contributed by atoms with Crippen molar-refractivity contribution in [2.24, 2.45) is 0 Å². The van der Waals surface area contributed by atoms with Crippen LogP contribution in [0.3, 0.4) is 0 Å². The van der Waals surface area contributed by atoms with E-state index in [-0.39, 0.29) is 24.0 Å². The SMILES string of the molecule is CC(=O)NC1=CC=C(C2NC(N3CCOCC3)NC(N3CCOCC3)N2)C(C(F)(F)F)N1. The number of alkyl halides is 3. The van der Waals surface area contributed by atoms with E-state index < -0.39 is 24.3 Å². The van der Waals surface area contributed by atoms with E-state index in [9.17, 15) is 18.0 Å². The van der Waals surface area contributed by atoms with Gasteiger partial charge in [0.25, 0.3) is 0 Å². The third kappa shape index (κ3) is 5.60. The van der Waals surface area contributed by atoms with E-state index in [1.165, 1.54) is 19.1 Å². The standard InChI is InChI=1S/C19H30F3N7O3/c1-12(30)23-14-3-2-13(15(24-14)19(20,21)22)16-25-17(28-4-8-31-9-5-28)27-18(26-16)29-6-10-32-11-7-29/h2-3,15-18,24-27H,4-11H2,1H3,(H,23,30). The first-order valence-electron chi connectivity index (χ1n) is 10.8. The van der Waals surface area contributed by atoms with Crippen LogP contribution in [0.4, 0.5) is 13.2 Å². The van der Waals surface area contributed by atoms with E-state index in [4.69, 9.17) is 9.47 Å². The van der Waals surface area contributed by atoms with Crippen molar-refractivity contribution in [1.29, 1.82) is 0 Å². The number of allylic oxidation sites excluding steroid dienone is 2. The molecule has 0 aromatic heterocycles. The second-order valence-electron chi connectivity index (χ2n) is 8.08. The fourth-order valence-corrected chi connectivity index (χ4v) is 4.26. The number of halogens is 3. The van der Waals surface area contributed by atoms with Gasteiger partial charge in [-0.25, -0.2) is 0 Å². The van der Waals surface area contributed by atoms with Crippen LogP contribution < -0.4 is 26.6 Å². The summed E-state index contributed by atoms with van der Waals surface area (Å²) in [5.41, 5.74) is 0.102. The summed E-state index contributed by atoms with van der Waals surface area (Å²) in [6.07, 6.45) is -3.12. The van der Waals surface area contributed by atoms with Crippen molar-refractivity contribution in [3.8, 4) is 0 Å². The van der Waals surface area contributed by atoms with Crippen LogP contribution in [0.5, 0.6) is 0 Å². The van der Waals surface area contributed by atoms with Crippen molar-refractivity contribution < 1.29 is 27.4 Å². The Morgan fingerprint density at radius 1 is 0.969 bits per heavy atom. The second-order valence-corrected chi connectivity index (χ2v) is 8.08. The summed E-state index contributed by atoms with van der Waals surface area (Å²) < 4.78 is 52.8. The number of nitrogens with zero attached hydrogens (tertiary/aromatic N) is 2. The summed E-state index contributed by atoms with van der Waals surface area (Å²) in [5.74, 6) is -0.425. The first-order valence-corrected chi connectivity index (χ1v) is 10.8. The third-order valence-electron chi connectivity index (χ3n) is 5.83. The molecule has 0 aromatic carbocycles. The van der Waals surface area contributed by atoms with E-state index in [0.29, 0.717) is 52.6 Å². The molecule has 0 saturated carbocycles. The van der Waals surface area contributed by atoms with Crippen molar-refractivity contribution >= 4 is 5.91 Å². The van der Waals surface area contributed by atoms with Gasteiger partial charge in [-0.2, -0.15) is 13.2 Å². The largest absolute Gasteiger partial charge is 0.412 e. The fraction of sp³-hybridized carbons (Fsp3) is 0.737. The lowest BCUT2D eigenvalue weighted by Crippen LogP contribution is -2.77. The molecule has 0 spiro atoms. The Balaban J connectivity index is 1.59. The molecule has 4 aliphatic heterocycles. The number of hydrogen-bond acceptors (Lipinski definition) is 9. The molecule has 4 heterocycles. The molecule has 1 amide bonds. The highest BCUT2D eigenvalue weighted by Crippen LogP contribution is 2.30. The maximum Gasteiger partial charge on any atom is 0.412 e. The average Bonchev–Trinajstić information content (AvgIpc) is 2.79. The Bertz CT molecular complexity index is 710. The number of carbonyl (C=O) groups excluding carboxylic acids is 1. The number of rotatable bonds is 4. The predicted molar refractivity (Wildman–Crippen MR) is 109 cm³/mol. The summed E-state index contributed by atoms with van der Waals surface area (Å²) in [7, 11) is 0. The van der Waals surface area contributed by atoms with E-state index in [1.807, 2.05) is 0 Å². The average molecular weight is 461 g/mol. The Hall–Kier alpha value is -1.74. The highest BCUT2D eigenvalue weighted by atomic mass is 19.4. The van der Waals surface area contributed by atoms with Crippen molar-refractivity contribution in [3.05, 3.63) is 23.5 Å². The van der Waals surface area contributed by atoms with Gasteiger partial charge in [-0.05, 0) is 11.6 Å². The number of morpholine rings is 2. The predicted octanol–water partition coefficient (Wildman–Crippen LogP) is -1.24. The molecule has 0 aliphatic carbocycles. The molecule has 3 unspecified atom stereocenters. The molecule has 3 fully saturated rings. The highest BCUT2D eigenvalue weighted by Gasteiger charge is 2.47. The lowest BCUT2D eigenvalue weighted by atomic mass is 9.99. The molecule has 10 nitrogen and oxygen atoms in total. The minimum Gasteiger partial charge on any atom is -0.379 e. The van der Waals surface area contributed by atoms with Crippen molar-refractivity contribution in [2.75, 3.05) is 52.6 Å². The molecular weight excluding hydrogens is 431 g/mol. The first-order chi connectivity index (χ1) is 15.3. The number of hydrogen-bond donors (Lipinski definition) is 5. The van der Waals surface area contributed by atoms with E-state index in [2.05, 4.69) is 36.4 Å². The molecule has 32 heavy (non-hydrogen) atoms. The summed E-state index contributed by atoms with van der Waals surface area (Å²) in [5, 5.41) is 14.9. The van der Waals surface area contributed by atoms with Gasteiger partial charge < -0.3 is 20.1 Å². The summed E-state index contributed by atoms with van der Waals surface area (Å²) in [4.78, 5) is 15.6. The maximum atomic E-state index is 14.0. The monoisotopic (exact) mass is 461 g/mol. The molecule has 4 aliphatic rings. The van der Waals surface area contributed by atoms with Crippen LogP contribution >= 0.6 is 0 Å². The van der Waals surface area contributed by atoms with Crippen LogP contribution in [-0.2, 0) is 14.3 Å². The minimum absolute atomic E-state index is 0.0203. The normalized spacial score (nSPS) is 33.1. The third-order valence-corrected chi connectivity index (χ3v) is 5.83. The smallest absolute Gasteiger partial charge is 0.379 e. The Morgan fingerprint density at radius 3 is 1.97 bits per heavy atom. The van der Waals surface area contributed by atoms with E-state index >= 15 is 0 Å². The van der Waals surface area contributed by atoms with Gasteiger partial charge in [0, 0.05) is 33.1 Å². The second kappa shape index (κ2) is 10.0. The van der Waals surface area contributed by atoms with Gasteiger partial charge in [0.2, 0.25) is 5.91 Å². The van der Waals surface area contributed by atoms with Gasteiger partial charge in [0.15, 0.2) is 0 Å². The molecule has 0 bridgehead atoms. The molecular formula is C19H30F3N7O3. The fourth-order valence-electron chi connectivity index (χ4n) is 4.26. The van der Waals surface area contributed by atoms with Crippen LogP contribution in [0.2, 0.25) is 0 Å². The van der Waals surface area contributed by atoms with Gasteiger partial charge in [-0.15, -0.1) is 0 Å². The van der Waals surface area contributed by atoms with Crippen LogP contribution in [0, 0.1) is 0 Å². The quantitative estimate of drug-likeness (QED) is 0.352. The molecule has 4 rings (SSSR count). The minimum atomic E-state index is -4.55. The maximum absolute atomic E-state index is 14.0. The highest BCUT2D eigenvalue weighted by molar-refractivity contribution is 5.75. The number of nitrogens with one attached hydrogen (secondary N) is 5. The number of ether oxygens (including phenoxy) is 2. The number of amides is 1.